The molecule has 1 aliphatic heterocycles. The Bertz CT molecular complexity index is 410. The summed E-state index contributed by atoms with van der Waals surface area (Å²) in [6, 6.07) is 6.78. The lowest BCUT2D eigenvalue weighted by Crippen LogP contribution is -2.21. The van der Waals surface area contributed by atoms with Gasteiger partial charge in [-0.15, -0.1) is 0 Å². The van der Waals surface area contributed by atoms with E-state index in [1.54, 1.807) is 5.56 Å². The molecule has 0 amide bonds. The van der Waals surface area contributed by atoms with Gasteiger partial charge >= 0.3 is 0 Å². The minimum atomic E-state index is 0.771. The zero-order valence-corrected chi connectivity index (χ0v) is 11.0. The SMILES string of the molecule is Cc1cccc2c1NCC2C1CCCC(C)C1. The summed E-state index contributed by atoms with van der Waals surface area (Å²) in [6.45, 7) is 5.81. The number of benzene rings is 1. The zero-order chi connectivity index (χ0) is 11.8. The Morgan fingerprint density at radius 1 is 1.24 bits per heavy atom. The fraction of sp³-hybridized carbons (Fsp3) is 0.625. The van der Waals surface area contributed by atoms with Crippen molar-refractivity contribution < 1.29 is 0 Å². The monoisotopic (exact) mass is 229 g/mol. The number of nitrogens with one attached hydrogen (secondary N) is 1. The van der Waals surface area contributed by atoms with Gasteiger partial charge in [0, 0.05) is 18.2 Å². The molecule has 1 heteroatoms. The molecule has 1 N–H and O–H groups in total. The predicted molar refractivity (Wildman–Crippen MR) is 73.5 cm³/mol. The Kier molecular flexibility index (Phi) is 2.85. The maximum absolute atomic E-state index is 3.63. The fourth-order valence-corrected chi connectivity index (χ4v) is 3.83. The van der Waals surface area contributed by atoms with Gasteiger partial charge in [0.1, 0.15) is 0 Å². The lowest BCUT2D eigenvalue weighted by Gasteiger charge is -2.31. The van der Waals surface area contributed by atoms with Gasteiger partial charge in [-0.25, -0.2) is 0 Å². The van der Waals surface area contributed by atoms with Gasteiger partial charge in [0.2, 0.25) is 0 Å². The highest BCUT2D eigenvalue weighted by Crippen LogP contribution is 2.44. The molecule has 3 atom stereocenters. The molecular formula is C16H23N. The highest BCUT2D eigenvalue weighted by Gasteiger charge is 2.32. The molecule has 0 bridgehead atoms. The van der Waals surface area contributed by atoms with Crippen LogP contribution in [0, 0.1) is 18.8 Å². The number of para-hydroxylation sites is 1. The molecule has 1 nitrogen and oxygen atoms in total. The Balaban J connectivity index is 1.85. The summed E-state index contributed by atoms with van der Waals surface area (Å²) >= 11 is 0. The van der Waals surface area contributed by atoms with Crippen molar-refractivity contribution in [1.29, 1.82) is 0 Å². The molecule has 3 rings (SSSR count). The molecule has 1 saturated carbocycles. The maximum Gasteiger partial charge on any atom is 0.0406 e. The first kappa shape index (κ1) is 11.1. The van der Waals surface area contributed by atoms with Gasteiger partial charge in [0.15, 0.2) is 0 Å². The second kappa shape index (κ2) is 4.36. The van der Waals surface area contributed by atoms with E-state index < -0.39 is 0 Å². The van der Waals surface area contributed by atoms with Crippen molar-refractivity contribution in [2.45, 2.75) is 45.4 Å². The third kappa shape index (κ3) is 1.96. The first-order chi connectivity index (χ1) is 8.25. The molecule has 92 valence electrons. The van der Waals surface area contributed by atoms with Crippen LogP contribution in [0.15, 0.2) is 18.2 Å². The van der Waals surface area contributed by atoms with Gasteiger partial charge in [-0.2, -0.15) is 0 Å². The smallest absolute Gasteiger partial charge is 0.0406 e. The standard InChI is InChI=1S/C16H23N/c1-11-5-3-7-13(9-11)15-10-17-16-12(2)6-4-8-14(15)16/h4,6,8,11,13,15,17H,3,5,7,9-10H2,1-2H3. The van der Waals surface area contributed by atoms with Crippen molar-refractivity contribution in [3.63, 3.8) is 0 Å². The zero-order valence-electron chi connectivity index (χ0n) is 11.0. The molecule has 1 aromatic carbocycles. The van der Waals surface area contributed by atoms with Crippen LogP contribution in [-0.4, -0.2) is 6.54 Å². The van der Waals surface area contributed by atoms with Crippen molar-refractivity contribution in [1.82, 2.24) is 0 Å². The number of anilines is 1. The van der Waals surface area contributed by atoms with Crippen molar-refractivity contribution in [3.8, 4) is 0 Å². The normalized spacial score (nSPS) is 32.0. The first-order valence-electron chi connectivity index (χ1n) is 7.09. The summed E-state index contributed by atoms with van der Waals surface area (Å²) in [5, 5.41) is 3.63. The summed E-state index contributed by atoms with van der Waals surface area (Å²) < 4.78 is 0. The Labute approximate surface area is 105 Å². The first-order valence-corrected chi connectivity index (χ1v) is 7.09. The van der Waals surface area contributed by atoms with Crippen LogP contribution < -0.4 is 5.32 Å². The van der Waals surface area contributed by atoms with E-state index in [0.29, 0.717) is 0 Å². The minimum Gasteiger partial charge on any atom is -0.384 e. The van der Waals surface area contributed by atoms with Crippen LogP contribution >= 0.6 is 0 Å². The van der Waals surface area contributed by atoms with E-state index in [9.17, 15) is 0 Å². The Hall–Kier alpha value is -0.980. The van der Waals surface area contributed by atoms with Gasteiger partial charge in [-0.3, -0.25) is 0 Å². The third-order valence-corrected chi connectivity index (χ3v) is 4.75. The van der Waals surface area contributed by atoms with Crippen LogP contribution in [0.5, 0.6) is 0 Å². The summed E-state index contributed by atoms with van der Waals surface area (Å²) in [5.41, 5.74) is 4.42. The van der Waals surface area contributed by atoms with E-state index in [2.05, 4.69) is 37.4 Å². The summed E-state index contributed by atoms with van der Waals surface area (Å²) in [4.78, 5) is 0. The molecule has 1 heterocycles. The lowest BCUT2D eigenvalue weighted by atomic mass is 9.74. The number of hydrogen-bond donors (Lipinski definition) is 1. The molecule has 3 unspecified atom stereocenters. The molecule has 2 aliphatic rings. The van der Waals surface area contributed by atoms with Crippen LogP contribution in [-0.2, 0) is 0 Å². The second-order valence-corrected chi connectivity index (χ2v) is 6.06. The van der Waals surface area contributed by atoms with E-state index in [1.807, 2.05) is 0 Å². The van der Waals surface area contributed by atoms with E-state index in [1.165, 1.54) is 36.9 Å². The largest absolute Gasteiger partial charge is 0.384 e. The average Bonchev–Trinajstić information content (AvgIpc) is 2.74. The van der Waals surface area contributed by atoms with Crippen LogP contribution in [0.1, 0.15) is 49.7 Å². The van der Waals surface area contributed by atoms with Crippen LogP contribution in [0.2, 0.25) is 0 Å². The fourth-order valence-electron chi connectivity index (χ4n) is 3.83. The van der Waals surface area contributed by atoms with Gasteiger partial charge in [0.05, 0.1) is 0 Å². The van der Waals surface area contributed by atoms with E-state index in [0.717, 1.165) is 24.3 Å². The highest BCUT2D eigenvalue weighted by molar-refractivity contribution is 5.62. The maximum atomic E-state index is 3.63. The highest BCUT2D eigenvalue weighted by atomic mass is 14.9. The summed E-state index contributed by atoms with van der Waals surface area (Å²) in [7, 11) is 0. The van der Waals surface area contributed by atoms with E-state index in [-0.39, 0.29) is 0 Å². The number of rotatable bonds is 1. The molecule has 1 aliphatic carbocycles. The quantitative estimate of drug-likeness (QED) is 0.755. The molecule has 1 aromatic rings. The van der Waals surface area contributed by atoms with Gasteiger partial charge < -0.3 is 5.32 Å². The topological polar surface area (TPSA) is 12.0 Å². The number of fused-ring (bicyclic) bond motifs is 1. The van der Waals surface area contributed by atoms with E-state index in [4.69, 9.17) is 0 Å². The molecule has 0 aromatic heterocycles. The summed E-state index contributed by atoms with van der Waals surface area (Å²) in [5.74, 6) is 2.62. The molecule has 0 spiro atoms. The van der Waals surface area contributed by atoms with Crippen LogP contribution in [0.25, 0.3) is 0 Å². The minimum absolute atomic E-state index is 0.771. The van der Waals surface area contributed by atoms with Gasteiger partial charge in [-0.05, 0) is 42.7 Å². The van der Waals surface area contributed by atoms with Crippen LogP contribution in [0.4, 0.5) is 5.69 Å². The van der Waals surface area contributed by atoms with Crippen molar-refractivity contribution in [3.05, 3.63) is 29.3 Å². The lowest BCUT2D eigenvalue weighted by molar-refractivity contribution is 0.253. The van der Waals surface area contributed by atoms with Gasteiger partial charge in [-0.1, -0.05) is 38.0 Å². The average molecular weight is 229 g/mol. The van der Waals surface area contributed by atoms with Crippen molar-refractivity contribution >= 4 is 5.69 Å². The van der Waals surface area contributed by atoms with Gasteiger partial charge in [0.25, 0.3) is 0 Å². The molecular weight excluding hydrogens is 206 g/mol. The van der Waals surface area contributed by atoms with Crippen molar-refractivity contribution in [2.75, 3.05) is 11.9 Å². The molecule has 17 heavy (non-hydrogen) atoms. The molecule has 0 radical (unpaired) electrons. The Morgan fingerprint density at radius 2 is 2.12 bits per heavy atom. The second-order valence-electron chi connectivity index (χ2n) is 6.06. The van der Waals surface area contributed by atoms with Crippen LogP contribution in [0.3, 0.4) is 0 Å². The molecule has 1 fully saturated rings. The number of hydrogen-bond acceptors (Lipinski definition) is 1. The Morgan fingerprint density at radius 3 is 2.94 bits per heavy atom. The third-order valence-electron chi connectivity index (χ3n) is 4.75. The van der Waals surface area contributed by atoms with E-state index >= 15 is 0 Å². The number of aryl methyl sites for hydroxylation is 1. The van der Waals surface area contributed by atoms with Crippen molar-refractivity contribution in [2.24, 2.45) is 11.8 Å². The molecule has 0 saturated heterocycles. The predicted octanol–water partition coefficient (Wildman–Crippen LogP) is 4.33. The summed E-state index contributed by atoms with van der Waals surface area (Å²) in [6.07, 6.45) is 5.74.